The van der Waals surface area contributed by atoms with Gasteiger partial charge in [-0.3, -0.25) is 9.48 Å². The highest BCUT2D eigenvalue weighted by Gasteiger charge is 2.25. The Kier molecular flexibility index (Phi) is 2.38. The molecule has 16 heavy (non-hydrogen) atoms. The number of amides is 1. The molecule has 0 spiro atoms. The van der Waals surface area contributed by atoms with E-state index in [-0.39, 0.29) is 5.91 Å². The van der Waals surface area contributed by atoms with E-state index < -0.39 is 0 Å². The summed E-state index contributed by atoms with van der Waals surface area (Å²) in [5, 5.41) is 10.8. The molecule has 3 rings (SSSR count). The normalized spacial score (nSPS) is 20.5. The fourth-order valence-corrected chi connectivity index (χ4v) is 1.92. The highest BCUT2D eigenvalue weighted by atomic mass is 16.2. The largest absolute Gasteiger partial charge is 0.348 e. The molecule has 0 bridgehead atoms. The van der Waals surface area contributed by atoms with Crippen LogP contribution in [0.25, 0.3) is 0 Å². The molecule has 0 unspecified atom stereocenters. The maximum absolute atomic E-state index is 11.7. The van der Waals surface area contributed by atoms with Crippen LogP contribution < -0.4 is 5.32 Å². The summed E-state index contributed by atoms with van der Waals surface area (Å²) in [4.78, 5) is 11.7. The standard InChI is InChI=1S/C11H16N4O/c16-11(12-9-4-5-9)10-7-15(14-13-10)6-8-2-1-3-8/h7-9H,1-6H2,(H,12,16). The molecule has 2 aliphatic rings. The molecule has 2 fully saturated rings. The third kappa shape index (κ3) is 2.08. The Hall–Kier alpha value is -1.39. The molecular formula is C11H16N4O. The van der Waals surface area contributed by atoms with E-state index in [1.165, 1.54) is 19.3 Å². The van der Waals surface area contributed by atoms with Crippen molar-refractivity contribution >= 4 is 5.91 Å². The minimum atomic E-state index is -0.0811. The van der Waals surface area contributed by atoms with E-state index in [0.717, 1.165) is 25.3 Å². The highest BCUT2D eigenvalue weighted by molar-refractivity contribution is 5.92. The molecule has 5 nitrogen and oxygen atoms in total. The third-order valence-corrected chi connectivity index (χ3v) is 3.35. The van der Waals surface area contributed by atoms with Gasteiger partial charge in [-0.1, -0.05) is 11.6 Å². The summed E-state index contributed by atoms with van der Waals surface area (Å²) in [5.74, 6) is 0.656. The van der Waals surface area contributed by atoms with Gasteiger partial charge in [0.25, 0.3) is 5.91 Å². The Morgan fingerprint density at radius 1 is 1.44 bits per heavy atom. The van der Waals surface area contributed by atoms with Crippen molar-refractivity contribution in [1.82, 2.24) is 20.3 Å². The van der Waals surface area contributed by atoms with Gasteiger partial charge >= 0.3 is 0 Å². The molecule has 1 aromatic heterocycles. The maximum atomic E-state index is 11.7. The number of nitrogens with zero attached hydrogens (tertiary/aromatic N) is 3. The summed E-state index contributed by atoms with van der Waals surface area (Å²) in [6.07, 6.45) is 7.85. The first kappa shape index (κ1) is 9.81. The van der Waals surface area contributed by atoms with Gasteiger partial charge < -0.3 is 5.32 Å². The summed E-state index contributed by atoms with van der Waals surface area (Å²) < 4.78 is 1.80. The van der Waals surface area contributed by atoms with Crippen LogP contribution in [0.5, 0.6) is 0 Å². The first-order valence-electron chi connectivity index (χ1n) is 6.02. The number of nitrogens with one attached hydrogen (secondary N) is 1. The lowest BCUT2D eigenvalue weighted by molar-refractivity contribution is 0.0946. The third-order valence-electron chi connectivity index (χ3n) is 3.35. The van der Waals surface area contributed by atoms with Gasteiger partial charge in [0.05, 0.1) is 6.20 Å². The van der Waals surface area contributed by atoms with Crippen molar-refractivity contribution in [2.24, 2.45) is 5.92 Å². The zero-order chi connectivity index (χ0) is 11.0. The quantitative estimate of drug-likeness (QED) is 0.822. The molecule has 2 aliphatic carbocycles. The monoisotopic (exact) mass is 220 g/mol. The van der Waals surface area contributed by atoms with E-state index in [1.807, 2.05) is 0 Å². The number of hydrogen-bond donors (Lipinski definition) is 1. The first-order valence-corrected chi connectivity index (χ1v) is 6.02. The van der Waals surface area contributed by atoms with E-state index >= 15 is 0 Å². The Labute approximate surface area is 94.2 Å². The maximum Gasteiger partial charge on any atom is 0.273 e. The van der Waals surface area contributed by atoms with Gasteiger partial charge in [0.2, 0.25) is 0 Å². The number of carbonyl (C=O) groups is 1. The van der Waals surface area contributed by atoms with Gasteiger partial charge in [-0.15, -0.1) is 5.10 Å². The topological polar surface area (TPSA) is 59.8 Å². The van der Waals surface area contributed by atoms with Crippen LogP contribution in [0.15, 0.2) is 6.20 Å². The second-order valence-corrected chi connectivity index (χ2v) is 4.87. The zero-order valence-electron chi connectivity index (χ0n) is 9.22. The van der Waals surface area contributed by atoms with E-state index in [0.29, 0.717) is 11.7 Å². The van der Waals surface area contributed by atoms with Gasteiger partial charge in [0.15, 0.2) is 5.69 Å². The minimum absolute atomic E-state index is 0.0811. The average Bonchev–Trinajstić information content (AvgIpc) is 2.89. The zero-order valence-corrected chi connectivity index (χ0v) is 9.22. The van der Waals surface area contributed by atoms with Crippen LogP contribution in [0.2, 0.25) is 0 Å². The lowest BCUT2D eigenvalue weighted by atomic mass is 9.85. The second-order valence-electron chi connectivity index (χ2n) is 4.87. The molecule has 2 saturated carbocycles. The molecule has 1 amide bonds. The van der Waals surface area contributed by atoms with Crippen molar-refractivity contribution in [3.05, 3.63) is 11.9 Å². The summed E-state index contributed by atoms with van der Waals surface area (Å²) in [6, 6.07) is 0.379. The SMILES string of the molecule is O=C(NC1CC1)c1cn(CC2CCC2)nn1. The van der Waals surface area contributed by atoms with Crippen LogP contribution in [-0.4, -0.2) is 26.9 Å². The van der Waals surface area contributed by atoms with E-state index in [2.05, 4.69) is 15.6 Å². The molecule has 86 valence electrons. The summed E-state index contributed by atoms with van der Waals surface area (Å²) in [6.45, 7) is 0.906. The van der Waals surface area contributed by atoms with Crippen LogP contribution >= 0.6 is 0 Å². The van der Waals surface area contributed by atoms with Crippen LogP contribution in [0.1, 0.15) is 42.6 Å². The van der Waals surface area contributed by atoms with Crippen LogP contribution in [0.4, 0.5) is 0 Å². The fraction of sp³-hybridized carbons (Fsp3) is 0.727. The predicted molar refractivity (Wildman–Crippen MR) is 57.9 cm³/mol. The Balaban J connectivity index is 1.59. The van der Waals surface area contributed by atoms with Gasteiger partial charge in [0, 0.05) is 12.6 Å². The van der Waals surface area contributed by atoms with Crippen LogP contribution in [0, 0.1) is 5.92 Å². The van der Waals surface area contributed by atoms with Crippen molar-refractivity contribution in [1.29, 1.82) is 0 Å². The fourth-order valence-electron chi connectivity index (χ4n) is 1.92. The van der Waals surface area contributed by atoms with Crippen LogP contribution in [0.3, 0.4) is 0 Å². The van der Waals surface area contributed by atoms with Crippen molar-refractivity contribution in [3.63, 3.8) is 0 Å². The number of aromatic nitrogens is 3. The lowest BCUT2D eigenvalue weighted by Gasteiger charge is -2.24. The highest BCUT2D eigenvalue weighted by Crippen LogP contribution is 2.27. The molecule has 0 radical (unpaired) electrons. The molecule has 5 heteroatoms. The van der Waals surface area contributed by atoms with Gasteiger partial charge in [-0.2, -0.15) is 0 Å². The van der Waals surface area contributed by atoms with Gasteiger partial charge in [-0.05, 0) is 31.6 Å². The number of hydrogen-bond acceptors (Lipinski definition) is 3. The molecule has 0 aliphatic heterocycles. The average molecular weight is 220 g/mol. The van der Waals surface area contributed by atoms with Gasteiger partial charge in [-0.25, -0.2) is 0 Å². The Morgan fingerprint density at radius 2 is 2.25 bits per heavy atom. The molecule has 1 N–H and O–H groups in total. The van der Waals surface area contributed by atoms with Crippen molar-refractivity contribution < 1.29 is 4.79 Å². The smallest absolute Gasteiger partial charge is 0.273 e. The van der Waals surface area contributed by atoms with E-state index in [1.54, 1.807) is 10.9 Å². The number of rotatable bonds is 4. The molecular weight excluding hydrogens is 204 g/mol. The van der Waals surface area contributed by atoms with E-state index in [9.17, 15) is 4.79 Å². The van der Waals surface area contributed by atoms with Crippen molar-refractivity contribution in [3.8, 4) is 0 Å². The van der Waals surface area contributed by atoms with Crippen molar-refractivity contribution in [2.75, 3.05) is 0 Å². The molecule has 0 aromatic carbocycles. The molecule has 0 saturated heterocycles. The number of carbonyl (C=O) groups excluding carboxylic acids is 1. The minimum Gasteiger partial charge on any atom is -0.348 e. The predicted octanol–water partition coefficient (Wildman–Crippen LogP) is 0.970. The van der Waals surface area contributed by atoms with Gasteiger partial charge in [0.1, 0.15) is 0 Å². The van der Waals surface area contributed by atoms with Crippen LogP contribution in [-0.2, 0) is 6.54 Å². The summed E-state index contributed by atoms with van der Waals surface area (Å²) in [7, 11) is 0. The molecule has 1 aromatic rings. The van der Waals surface area contributed by atoms with E-state index in [4.69, 9.17) is 0 Å². The molecule has 1 heterocycles. The first-order chi connectivity index (χ1) is 7.81. The summed E-state index contributed by atoms with van der Waals surface area (Å²) in [5.41, 5.74) is 0.450. The Bertz CT molecular complexity index is 392. The summed E-state index contributed by atoms with van der Waals surface area (Å²) >= 11 is 0. The lowest BCUT2D eigenvalue weighted by Crippen LogP contribution is -2.25. The van der Waals surface area contributed by atoms with Crippen molar-refractivity contribution in [2.45, 2.75) is 44.7 Å². The Morgan fingerprint density at radius 3 is 2.88 bits per heavy atom. The molecule has 0 atom stereocenters. The second kappa shape index (κ2) is 3.88.